The molecule has 32 heavy (non-hydrogen) atoms. The maximum Gasteiger partial charge on any atom is 0.207 e. The lowest BCUT2D eigenvalue weighted by molar-refractivity contribution is 0.282. The average molecular weight is 452 g/mol. The summed E-state index contributed by atoms with van der Waals surface area (Å²) in [6.07, 6.45) is 1.64. The van der Waals surface area contributed by atoms with Gasteiger partial charge in [0, 0.05) is 5.56 Å². The number of benzene rings is 3. The summed E-state index contributed by atoms with van der Waals surface area (Å²) in [4.78, 5) is 0.241. The highest BCUT2D eigenvalue weighted by molar-refractivity contribution is 7.91. The van der Waals surface area contributed by atoms with Gasteiger partial charge in [0.1, 0.15) is 11.4 Å². The van der Waals surface area contributed by atoms with Crippen molar-refractivity contribution < 1.29 is 23.0 Å². The number of methoxy groups -OCH3 is 2. The first kappa shape index (κ1) is 21.5. The van der Waals surface area contributed by atoms with E-state index in [1.165, 1.54) is 30.0 Å². The van der Waals surface area contributed by atoms with Gasteiger partial charge < -0.3 is 14.6 Å². The van der Waals surface area contributed by atoms with Gasteiger partial charge in [-0.25, -0.2) is 13.1 Å². The Labute approximate surface area is 185 Å². The Balaban J connectivity index is 1.79. The quantitative estimate of drug-likeness (QED) is 0.460. The molecule has 0 aliphatic heterocycles. The molecule has 0 saturated carbocycles. The standard InChI is InChI=1S/C23H21N3O5S/c1-30-21-8-5-7-20(23(21)31-2)26-14-19(24-25-26)18-6-3-4-9-22(18)32(28,29)17-12-10-16(15-27)11-13-17/h3-14,27H,15H2,1-2H3. The zero-order valence-electron chi connectivity index (χ0n) is 17.5. The van der Waals surface area contributed by atoms with Gasteiger partial charge in [-0.05, 0) is 35.9 Å². The Morgan fingerprint density at radius 1 is 0.938 bits per heavy atom. The van der Waals surface area contributed by atoms with Crippen LogP contribution in [0.1, 0.15) is 5.56 Å². The molecule has 4 rings (SSSR count). The van der Waals surface area contributed by atoms with E-state index >= 15 is 0 Å². The minimum Gasteiger partial charge on any atom is -0.493 e. The van der Waals surface area contributed by atoms with E-state index in [0.717, 1.165) is 0 Å². The predicted molar refractivity (Wildman–Crippen MR) is 118 cm³/mol. The lowest BCUT2D eigenvalue weighted by Crippen LogP contribution is -2.04. The van der Waals surface area contributed by atoms with Crippen molar-refractivity contribution in [3.8, 4) is 28.4 Å². The number of hydrogen-bond acceptors (Lipinski definition) is 7. The number of nitrogens with zero attached hydrogens (tertiary/aromatic N) is 3. The summed E-state index contributed by atoms with van der Waals surface area (Å²) >= 11 is 0. The van der Waals surface area contributed by atoms with Gasteiger partial charge in [0.2, 0.25) is 9.84 Å². The second-order valence-corrected chi connectivity index (χ2v) is 8.78. The first-order chi connectivity index (χ1) is 15.5. The summed E-state index contributed by atoms with van der Waals surface area (Å²) in [7, 11) is -0.750. The largest absolute Gasteiger partial charge is 0.493 e. The van der Waals surface area contributed by atoms with Gasteiger partial charge >= 0.3 is 0 Å². The zero-order chi connectivity index (χ0) is 22.7. The van der Waals surface area contributed by atoms with E-state index in [1.807, 2.05) is 0 Å². The molecule has 0 amide bonds. The summed E-state index contributed by atoms with van der Waals surface area (Å²) in [5.41, 5.74) is 2.05. The molecule has 1 heterocycles. The van der Waals surface area contributed by atoms with Gasteiger partial charge in [-0.3, -0.25) is 0 Å². The van der Waals surface area contributed by atoms with Crippen LogP contribution in [0, 0.1) is 0 Å². The molecule has 8 nitrogen and oxygen atoms in total. The number of aromatic nitrogens is 3. The second kappa shape index (κ2) is 8.81. The molecule has 0 atom stereocenters. The highest BCUT2D eigenvalue weighted by Gasteiger charge is 2.23. The normalized spacial score (nSPS) is 11.3. The number of rotatable bonds is 7. The third-order valence-corrected chi connectivity index (χ3v) is 6.82. The third-order valence-electron chi connectivity index (χ3n) is 4.99. The minimum absolute atomic E-state index is 0.112. The topological polar surface area (TPSA) is 104 Å². The zero-order valence-corrected chi connectivity index (χ0v) is 18.3. The van der Waals surface area contributed by atoms with Crippen LogP contribution in [0.25, 0.3) is 16.9 Å². The number of sulfone groups is 1. The van der Waals surface area contributed by atoms with E-state index in [2.05, 4.69) is 10.3 Å². The molecule has 0 radical (unpaired) electrons. The van der Waals surface area contributed by atoms with Gasteiger partial charge in [-0.2, -0.15) is 0 Å². The van der Waals surface area contributed by atoms with Gasteiger partial charge in [0.15, 0.2) is 11.5 Å². The highest BCUT2D eigenvalue weighted by Crippen LogP contribution is 2.35. The molecule has 1 aromatic heterocycles. The van der Waals surface area contributed by atoms with Gasteiger partial charge in [-0.1, -0.05) is 41.6 Å². The van der Waals surface area contributed by atoms with Crippen molar-refractivity contribution in [3.63, 3.8) is 0 Å². The first-order valence-electron chi connectivity index (χ1n) is 9.67. The Kier molecular flexibility index (Phi) is 5.93. The molecule has 164 valence electrons. The fourth-order valence-electron chi connectivity index (χ4n) is 3.37. The molecule has 0 saturated heterocycles. The maximum atomic E-state index is 13.3. The van der Waals surface area contributed by atoms with Crippen LogP contribution in [0.2, 0.25) is 0 Å². The summed E-state index contributed by atoms with van der Waals surface area (Å²) in [6.45, 7) is -0.159. The van der Waals surface area contributed by atoms with E-state index in [4.69, 9.17) is 9.47 Å². The number of aliphatic hydroxyl groups excluding tert-OH is 1. The van der Waals surface area contributed by atoms with Crippen LogP contribution in [0.5, 0.6) is 11.5 Å². The molecule has 1 N–H and O–H groups in total. The molecule has 3 aromatic carbocycles. The summed E-state index contributed by atoms with van der Waals surface area (Å²) in [5, 5.41) is 17.6. The fraction of sp³-hybridized carbons (Fsp3) is 0.130. The van der Waals surface area contributed by atoms with Crippen LogP contribution in [0.15, 0.2) is 82.7 Å². The molecule has 0 aliphatic carbocycles. The van der Waals surface area contributed by atoms with Crippen molar-refractivity contribution in [3.05, 3.63) is 78.5 Å². The molecular formula is C23H21N3O5S. The van der Waals surface area contributed by atoms with Crippen LogP contribution in [-0.2, 0) is 16.4 Å². The van der Waals surface area contributed by atoms with E-state index in [1.54, 1.807) is 61.8 Å². The van der Waals surface area contributed by atoms with Crippen molar-refractivity contribution in [2.45, 2.75) is 16.4 Å². The lowest BCUT2D eigenvalue weighted by Gasteiger charge is -2.11. The molecule has 0 fully saturated rings. The van der Waals surface area contributed by atoms with Crippen LogP contribution in [0.3, 0.4) is 0 Å². The average Bonchev–Trinajstić information content (AvgIpc) is 3.33. The number of para-hydroxylation sites is 1. The first-order valence-corrected chi connectivity index (χ1v) is 11.2. The van der Waals surface area contributed by atoms with Crippen molar-refractivity contribution in [1.29, 1.82) is 0 Å². The SMILES string of the molecule is COc1cccc(-n2cc(-c3ccccc3S(=O)(=O)c3ccc(CO)cc3)nn2)c1OC. The number of ether oxygens (including phenoxy) is 2. The summed E-state index contributed by atoms with van der Waals surface area (Å²) in [5.74, 6) is 1.02. The minimum atomic E-state index is -3.82. The molecule has 4 aromatic rings. The molecule has 0 bridgehead atoms. The fourth-order valence-corrected chi connectivity index (χ4v) is 4.84. The molecule has 0 spiro atoms. The van der Waals surface area contributed by atoms with Crippen LogP contribution >= 0.6 is 0 Å². The summed E-state index contributed by atoms with van der Waals surface area (Å²) < 4.78 is 39.0. The highest BCUT2D eigenvalue weighted by atomic mass is 32.2. The lowest BCUT2D eigenvalue weighted by atomic mass is 10.2. The Morgan fingerprint density at radius 2 is 1.69 bits per heavy atom. The Morgan fingerprint density at radius 3 is 2.38 bits per heavy atom. The smallest absolute Gasteiger partial charge is 0.207 e. The Bertz CT molecular complexity index is 1350. The van der Waals surface area contributed by atoms with E-state index in [-0.39, 0.29) is 16.4 Å². The van der Waals surface area contributed by atoms with Gasteiger partial charge in [-0.15, -0.1) is 5.10 Å². The monoisotopic (exact) mass is 451 g/mol. The maximum absolute atomic E-state index is 13.3. The van der Waals surface area contributed by atoms with Crippen molar-refractivity contribution in [1.82, 2.24) is 15.0 Å². The number of aliphatic hydroxyl groups is 1. The predicted octanol–water partition coefficient (Wildman–Crippen LogP) is 3.28. The van der Waals surface area contributed by atoms with Crippen molar-refractivity contribution in [2.75, 3.05) is 14.2 Å². The molecule has 0 aliphatic rings. The summed E-state index contributed by atoms with van der Waals surface area (Å²) in [6, 6.07) is 18.1. The van der Waals surface area contributed by atoms with E-state index in [9.17, 15) is 13.5 Å². The van der Waals surface area contributed by atoms with Crippen molar-refractivity contribution >= 4 is 9.84 Å². The Hall–Kier alpha value is -3.69. The van der Waals surface area contributed by atoms with Crippen LogP contribution in [-0.4, -0.2) is 42.7 Å². The van der Waals surface area contributed by atoms with Gasteiger partial charge in [0.25, 0.3) is 0 Å². The second-order valence-electron chi connectivity index (χ2n) is 6.86. The molecular weight excluding hydrogens is 430 g/mol. The van der Waals surface area contributed by atoms with Crippen LogP contribution < -0.4 is 9.47 Å². The van der Waals surface area contributed by atoms with Crippen LogP contribution in [0.4, 0.5) is 0 Å². The van der Waals surface area contributed by atoms with E-state index in [0.29, 0.717) is 34.0 Å². The number of hydrogen-bond donors (Lipinski definition) is 1. The van der Waals surface area contributed by atoms with Gasteiger partial charge in [0.05, 0.1) is 36.8 Å². The van der Waals surface area contributed by atoms with E-state index < -0.39 is 9.84 Å². The van der Waals surface area contributed by atoms with Crippen molar-refractivity contribution in [2.24, 2.45) is 0 Å². The molecule has 9 heteroatoms. The molecule has 0 unspecified atom stereocenters. The third kappa shape index (κ3) is 3.83.